The lowest BCUT2D eigenvalue weighted by molar-refractivity contribution is -0.00870. The van der Waals surface area contributed by atoms with Crippen molar-refractivity contribution in [2.75, 3.05) is 51.4 Å². The Morgan fingerprint density at radius 2 is 2.00 bits per heavy atom. The van der Waals surface area contributed by atoms with E-state index in [4.69, 9.17) is 26.9 Å². The van der Waals surface area contributed by atoms with Gasteiger partial charge in [-0.25, -0.2) is 9.50 Å². The van der Waals surface area contributed by atoms with Gasteiger partial charge in [-0.2, -0.15) is 10.4 Å². The summed E-state index contributed by atoms with van der Waals surface area (Å²) in [5.74, 6) is 2.04. The number of piperidine rings is 1. The van der Waals surface area contributed by atoms with Crippen molar-refractivity contribution >= 4 is 11.3 Å². The second kappa shape index (κ2) is 11.0. The van der Waals surface area contributed by atoms with Crippen molar-refractivity contribution in [3.63, 3.8) is 0 Å². The molecule has 2 bridgehead atoms. The number of benzene rings is 1. The van der Waals surface area contributed by atoms with E-state index in [9.17, 15) is 5.26 Å². The molecule has 0 amide bonds. The quantitative estimate of drug-likeness (QED) is 0.349. The van der Waals surface area contributed by atoms with E-state index in [1.54, 1.807) is 54.5 Å². The molecule has 11 nitrogen and oxygen atoms in total. The molecule has 0 spiro atoms. The SMILES string of the molecule is [2H]C([2H])(c1ccc(OC)cc1)N1C2CC1CN(c1cnc(-c3cc(OCC4CNCCO4)cn4ncc(C#N)c34)cn1)C2. The topological polar surface area (TPSA) is 113 Å². The van der Waals surface area contributed by atoms with Crippen LogP contribution < -0.4 is 19.7 Å². The molecule has 3 aromatic heterocycles. The number of piperazine rings is 1. The van der Waals surface area contributed by atoms with Crippen molar-refractivity contribution in [3.8, 4) is 28.8 Å². The van der Waals surface area contributed by atoms with Crippen molar-refractivity contribution in [1.29, 1.82) is 5.26 Å². The van der Waals surface area contributed by atoms with Crippen LogP contribution in [0.25, 0.3) is 16.8 Å². The highest BCUT2D eigenvalue weighted by Gasteiger charge is 2.44. The van der Waals surface area contributed by atoms with E-state index < -0.39 is 6.50 Å². The van der Waals surface area contributed by atoms with Gasteiger partial charge in [0.05, 0.1) is 55.3 Å². The molecule has 4 aliphatic heterocycles. The van der Waals surface area contributed by atoms with Gasteiger partial charge in [0.1, 0.15) is 36.1 Å². The summed E-state index contributed by atoms with van der Waals surface area (Å²) in [6.45, 7) is 2.34. The van der Waals surface area contributed by atoms with Gasteiger partial charge in [0.15, 0.2) is 0 Å². The lowest BCUT2D eigenvalue weighted by Gasteiger charge is -2.56. The Kier molecular flexibility index (Phi) is 6.28. The molecule has 0 radical (unpaired) electrons. The van der Waals surface area contributed by atoms with E-state index in [1.165, 1.54) is 6.20 Å². The van der Waals surface area contributed by atoms with Crippen molar-refractivity contribution in [2.24, 2.45) is 0 Å². The summed E-state index contributed by atoms with van der Waals surface area (Å²) in [7, 11) is 1.60. The minimum Gasteiger partial charge on any atom is -0.497 e. The van der Waals surface area contributed by atoms with Gasteiger partial charge in [-0.05, 0) is 30.2 Å². The van der Waals surface area contributed by atoms with E-state index in [-0.39, 0.29) is 18.2 Å². The average molecular weight is 555 g/mol. The van der Waals surface area contributed by atoms with Crippen LogP contribution in [0.15, 0.2) is 55.1 Å². The molecule has 0 saturated carbocycles. The Labute approximate surface area is 241 Å². The fourth-order valence-electron chi connectivity index (χ4n) is 5.79. The molecular weight excluding hydrogens is 520 g/mol. The molecule has 1 aromatic carbocycles. The number of nitrogens with one attached hydrogen (secondary N) is 1. The van der Waals surface area contributed by atoms with Gasteiger partial charge in [-0.3, -0.25) is 9.88 Å². The molecule has 4 fully saturated rings. The molecule has 7 heterocycles. The van der Waals surface area contributed by atoms with Gasteiger partial charge in [0, 0.05) is 53.1 Å². The highest BCUT2D eigenvalue weighted by atomic mass is 16.5. The van der Waals surface area contributed by atoms with Gasteiger partial charge in [0.25, 0.3) is 0 Å². The summed E-state index contributed by atoms with van der Waals surface area (Å²) in [4.78, 5) is 13.6. The van der Waals surface area contributed by atoms with Crippen LogP contribution in [0, 0.1) is 11.3 Å². The van der Waals surface area contributed by atoms with Crippen LogP contribution in [-0.2, 0) is 11.2 Å². The first-order chi connectivity index (χ1) is 20.9. The number of methoxy groups -OCH3 is 1. The molecule has 4 aromatic rings. The maximum Gasteiger partial charge on any atom is 0.147 e. The zero-order valence-electron chi connectivity index (χ0n) is 24.7. The monoisotopic (exact) mass is 554 g/mol. The van der Waals surface area contributed by atoms with Gasteiger partial charge in [-0.15, -0.1) is 0 Å². The van der Waals surface area contributed by atoms with Crippen molar-refractivity contribution in [3.05, 3.63) is 66.2 Å². The third-order valence-corrected chi connectivity index (χ3v) is 7.93. The number of pyridine rings is 1. The number of aromatic nitrogens is 4. The lowest BCUT2D eigenvalue weighted by Crippen LogP contribution is -2.68. The van der Waals surface area contributed by atoms with Crippen LogP contribution in [-0.4, -0.2) is 89.2 Å². The van der Waals surface area contributed by atoms with E-state index >= 15 is 0 Å². The van der Waals surface area contributed by atoms with Gasteiger partial charge in [-0.1, -0.05) is 12.1 Å². The zero-order chi connectivity index (χ0) is 29.6. The van der Waals surface area contributed by atoms with Crippen LogP contribution in [0.2, 0.25) is 0 Å². The predicted molar refractivity (Wildman–Crippen MR) is 152 cm³/mol. The molecule has 1 N–H and O–H groups in total. The van der Waals surface area contributed by atoms with E-state index in [0.29, 0.717) is 65.7 Å². The maximum atomic E-state index is 9.72. The summed E-state index contributed by atoms with van der Waals surface area (Å²) in [5.41, 5.74) is 3.01. The van der Waals surface area contributed by atoms with Crippen molar-refractivity contribution in [2.45, 2.75) is 31.1 Å². The van der Waals surface area contributed by atoms with Crippen LogP contribution in [0.4, 0.5) is 5.82 Å². The molecule has 8 rings (SSSR count). The van der Waals surface area contributed by atoms with Crippen LogP contribution in [0.3, 0.4) is 0 Å². The number of hydrogen-bond acceptors (Lipinski definition) is 10. The fraction of sp³-hybridized carbons (Fsp3) is 0.400. The molecule has 41 heavy (non-hydrogen) atoms. The first-order valence-corrected chi connectivity index (χ1v) is 13.8. The second-order valence-electron chi connectivity index (χ2n) is 10.5. The largest absolute Gasteiger partial charge is 0.497 e. The number of nitriles is 1. The number of morpholine rings is 1. The molecule has 3 atom stereocenters. The minimum absolute atomic E-state index is 0.0441. The fourth-order valence-corrected chi connectivity index (χ4v) is 5.79. The Bertz CT molecular complexity index is 1640. The molecule has 0 aliphatic carbocycles. The Hall–Kier alpha value is -4.24. The predicted octanol–water partition coefficient (Wildman–Crippen LogP) is 2.50. The normalized spacial score (nSPS) is 23.3. The highest BCUT2D eigenvalue weighted by molar-refractivity contribution is 5.83. The Morgan fingerprint density at radius 3 is 2.71 bits per heavy atom. The molecule has 4 aliphatic rings. The van der Waals surface area contributed by atoms with E-state index in [0.717, 1.165) is 25.3 Å². The molecular formula is C30H32N8O3. The standard InChI is InChI=1S/C30H32N8O3/c1-39-24-4-2-20(3-5-24)15-37-22-8-23(37)17-36(16-22)29-14-33-28(13-34-29)27-9-25(41-19-26-12-32-6-7-40-26)18-38-30(27)21(10-31)11-35-38/h2-5,9,11,13-14,18,22-23,26,32H,6-8,12,15-17,19H2,1H3/i15D2. The van der Waals surface area contributed by atoms with Crippen LogP contribution in [0.5, 0.6) is 11.5 Å². The number of ether oxygens (including phenoxy) is 3. The summed E-state index contributed by atoms with van der Waals surface area (Å²) >= 11 is 0. The van der Waals surface area contributed by atoms with Gasteiger partial charge >= 0.3 is 0 Å². The number of rotatable bonds is 8. The smallest absolute Gasteiger partial charge is 0.147 e. The highest BCUT2D eigenvalue weighted by Crippen LogP contribution is 2.36. The number of fused-ring (bicyclic) bond motifs is 3. The maximum absolute atomic E-state index is 9.72. The number of hydrogen-bond donors (Lipinski definition) is 1. The molecule has 3 unspecified atom stereocenters. The second-order valence-corrected chi connectivity index (χ2v) is 10.5. The average Bonchev–Trinajstić information content (AvgIpc) is 3.47. The zero-order valence-corrected chi connectivity index (χ0v) is 22.7. The van der Waals surface area contributed by atoms with Crippen LogP contribution in [0.1, 0.15) is 20.3 Å². The number of nitrogens with zero attached hydrogens (tertiary/aromatic N) is 7. The Morgan fingerprint density at radius 1 is 1.15 bits per heavy atom. The van der Waals surface area contributed by atoms with Crippen molar-refractivity contribution in [1.82, 2.24) is 29.8 Å². The summed E-state index contributed by atoms with van der Waals surface area (Å²) in [5, 5.41) is 17.4. The van der Waals surface area contributed by atoms with E-state index in [1.807, 2.05) is 11.0 Å². The van der Waals surface area contributed by atoms with Crippen molar-refractivity contribution < 1.29 is 17.0 Å². The summed E-state index contributed by atoms with van der Waals surface area (Å²) in [6, 6.07) is 11.4. The molecule has 210 valence electrons. The van der Waals surface area contributed by atoms with Gasteiger partial charge in [0.2, 0.25) is 0 Å². The first-order valence-electron chi connectivity index (χ1n) is 14.8. The first kappa shape index (κ1) is 23.5. The van der Waals surface area contributed by atoms with Crippen LogP contribution >= 0.6 is 0 Å². The third kappa shape index (κ3) is 5.06. The summed E-state index contributed by atoms with van der Waals surface area (Å²) < 4.78 is 36.5. The minimum atomic E-state index is -1.58. The summed E-state index contributed by atoms with van der Waals surface area (Å²) in [6.07, 6.45) is 7.66. The lowest BCUT2D eigenvalue weighted by atomic mass is 9.87. The molecule has 11 heteroatoms. The van der Waals surface area contributed by atoms with E-state index in [2.05, 4.69) is 21.4 Å². The third-order valence-electron chi connectivity index (χ3n) is 7.93. The van der Waals surface area contributed by atoms with Gasteiger partial charge < -0.3 is 24.4 Å². The Balaban J connectivity index is 1.09. The number of anilines is 1. The molecule has 4 saturated heterocycles.